The maximum atomic E-state index is 5.66. The number of hydrogen-bond acceptors (Lipinski definition) is 2. The molecule has 1 aliphatic heterocycles. The van der Waals surface area contributed by atoms with Gasteiger partial charge in [0.05, 0.1) is 13.2 Å². The number of rotatable bonds is 1. The van der Waals surface area contributed by atoms with E-state index in [1.807, 2.05) is 6.92 Å². The summed E-state index contributed by atoms with van der Waals surface area (Å²) in [5, 5.41) is 0. The smallest absolute Gasteiger partial charge is 0.192 e. The van der Waals surface area contributed by atoms with Crippen molar-refractivity contribution in [2.24, 2.45) is 0 Å². The van der Waals surface area contributed by atoms with Gasteiger partial charge in [-0.1, -0.05) is 18.2 Å². The van der Waals surface area contributed by atoms with Crippen molar-refractivity contribution < 1.29 is 9.47 Å². The molecule has 80 valence electrons. The molecule has 1 heterocycles. The predicted octanol–water partition coefficient (Wildman–Crippen LogP) is 2.39. The van der Waals surface area contributed by atoms with Crippen LogP contribution in [0.4, 0.5) is 0 Å². The summed E-state index contributed by atoms with van der Waals surface area (Å²) in [6.07, 6.45) is 3.73. The Bertz CT molecular complexity index is 378. The van der Waals surface area contributed by atoms with E-state index in [0.29, 0.717) is 13.2 Å². The molecule has 0 atom stereocenters. The Hall–Kier alpha value is -0.860. The highest BCUT2D eigenvalue weighted by atomic mass is 16.7. The van der Waals surface area contributed by atoms with Gasteiger partial charge in [0.1, 0.15) is 0 Å². The molecule has 3 rings (SSSR count). The molecule has 0 aromatic heterocycles. The molecule has 2 aliphatic rings. The zero-order valence-electron chi connectivity index (χ0n) is 9.08. The molecular formula is C13H16O2. The van der Waals surface area contributed by atoms with E-state index in [1.165, 1.54) is 36.0 Å². The topological polar surface area (TPSA) is 18.5 Å². The number of aryl methyl sites for hydroxylation is 2. The molecule has 1 saturated heterocycles. The molecule has 15 heavy (non-hydrogen) atoms. The quantitative estimate of drug-likeness (QED) is 0.699. The van der Waals surface area contributed by atoms with Crippen LogP contribution in [0.15, 0.2) is 18.2 Å². The van der Waals surface area contributed by atoms with Gasteiger partial charge in [-0.05, 0) is 37.3 Å². The summed E-state index contributed by atoms with van der Waals surface area (Å²) in [7, 11) is 0. The van der Waals surface area contributed by atoms with Crippen LogP contribution in [0.2, 0.25) is 0 Å². The van der Waals surface area contributed by atoms with Crippen LogP contribution < -0.4 is 0 Å². The third-order valence-electron chi connectivity index (χ3n) is 3.46. The predicted molar refractivity (Wildman–Crippen MR) is 57.7 cm³/mol. The van der Waals surface area contributed by atoms with Crippen LogP contribution in [0.3, 0.4) is 0 Å². The van der Waals surface area contributed by atoms with Crippen LogP contribution in [0.5, 0.6) is 0 Å². The Kier molecular flexibility index (Phi) is 2.08. The van der Waals surface area contributed by atoms with Crippen LogP contribution in [0.25, 0.3) is 0 Å². The standard InChI is InChI=1S/C13H16O2/c1-13(14-7-8-15-13)12-6-5-10-3-2-4-11(10)9-12/h5-6,9H,2-4,7-8H2,1H3. The van der Waals surface area contributed by atoms with Crippen LogP contribution in [0, 0.1) is 0 Å². The van der Waals surface area contributed by atoms with E-state index in [-0.39, 0.29) is 0 Å². The van der Waals surface area contributed by atoms with Gasteiger partial charge in [-0.2, -0.15) is 0 Å². The lowest BCUT2D eigenvalue weighted by molar-refractivity contribution is -0.149. The van der Waals surface area contributed by atoms with E-state index in [9.17, 15) is 0 Å². The number of benzene rings is 1. The molecule has 1 aromatic carbocycles. The Morgan fingerprint density at radius 1 is 1.07 bits per heavy atom. The third kappa shape index (κ3) is 1.48. The van der Waals surface area contributed by atoms with E-state index >= 15 is 0 Å². The van der Waals surface area contributed by atoms with Crippen LogP contribution >= 0.6 is 0 Å². The molecule has 0 unspecified atom stereocenters. The molecule has 0 radical (unpaired) electrons. The largest absolute Gasteiger partial charge is 0.344 e. The highest BCUT2D eigenvalue weighted by Gasteiger charge is 2.33. The Morgan fingerprint density at radius 3 is 2.60 bits per heavy atom. The van der Waals surface area contributed by atoms with E-state index in [4.69, 9.17) is 9.47 Å². The van der Waals surface area contributed by atoms with E-state index in [1.54, 1.807) is 0 Å². The van der Waals surface area contributed by atoms with Crippen molar-refractivity contribution in [3.8, 4) is 0 Å². The number of ether oxygens (including phenoxy) is 2. The molecule has 0 N–H and O–H groups in total. The molecule has 1 aliphatic carbocycles. The van der Waals surface area contributed by atoms with Crippen molar-refractivity contribution in [3.63, 3.8) is 0 Å². The summed E-state index contributed by atoms with van der Waals surface area (Å²) >= 11 is 0. The minimum absolute atomic E-state index is 0.502. The van der Waals surface area contributed by atoms with Crippen molar-refractivity contribution in [2.45, 2.75) is 32.0 Å². The lowest BCUT2D eigenvalue weighted by atomic mass is 10.0. The summed E-state index contributed by atoms with van der Waals surface area (Å²) in [4.78, 5) is 0. The first-order valence-electron chi connectivity index (χ1n) is 5.68. The van der Waals surface area contributed by atoms with Crippen molar-refractivity contribution in [3.05, 3.63) is 34.9 Å². The monoisotopic (exact) mass is 204 g/mol. The van der Waals surface area contributed by atoms with Gasteiger partial charge in [-0.3, -0.25) is 0 Å². The normalized spacial score (nSPS) is 23.0. The molecule has 2 heteroatoms. The van der Waals surface area contributed by atoms with Crippen molar-refractivity contribution in [1.82, 2.24) is 0 Å². The van der Waals surface area contributed by atoms with Gasteiger partial charge in [-0.25, -0.2) is 0 Å². The zero-order valence-corrected chi connectivity index (χ0v) is 9.08. The second-order valence-corrected chi connectivity index (χ2v) is 4.48. The summed E-state index contributed by atoms with van der Waals surface area (Å²) in [5.74, 6) is -0.502. The highest BCUT2D eigenvalue weighted by molar-refractivity contribution is 5.37. The minimum atomic E-state index is -0.502. The van der Waals surface area contributed by atoms with Gasteiger partial charge in [0.15, 0.2) is 5.79 Å². The van der Waals surface area contributed by atoms with Crippen molar-refractivity contribution in [2.75, 3.05) is 13.2 Å². The molecule has 0 spiro atoms. The maximum absolute atomic E-state index is 5.66. The summed E-state index contributed by atoms with van der Waals surface area (Å²) in [6, 6.07) is 6.64. The number of hydrogen-bond donors (Lipinski definition) is 0. The van der Waals surface area contributed by atoms with Crippen molar-refractivity contribution >= 4 is 0 Å². The average Bonchev–Trinajstić information content (AvgIpc) is 2.85. The number of fused-ring (bicyclic) bond motifs is 1. The van der Waals surface area contributed by atoms with Gasteiger partial charge in [0, 0.05) is 5.56 Å². The molecule has 0 saturated carbocycles. The van der Waals surface area contributed by atoms with Gasteiger partial charge >= 0.3 is 0 Å². The molecule has 0 bridgehead atoms. The zero-order chi connectivity index (χ0) is 10.3. The molecule has 1 aromatic rings. The second kappa shape index (κ2) is 3.32. The van der Waals surface area contributed by atoms with Gasteiger partial charge in [-0.15, -0.1) is 0 Å². The Balaban J connectivity index is 1.98. The average molecular weight is 204 g/mol. The maximum Gasteiger partial charge on any atom is 0.192 e. The van der Waals surface area contributed by atoms with Crippen LogP contribution in [0.1, 0.15) is 30.0 Å². The summed E-state index contributed by atoms with van der Waals surface area (Å²) in [5.41, 5.74) is 4.15. The first-order chi connectivity index (χ1) is 7.28. The third-order valence-corrected chi connectivity index (χ3v) is 3.46. The Morgan fingerprint density at radius 2 is 1.80 bits per heavy atom. The highest BCUT2D eigenvalue weighted by Crippen LogP contribution is 2.33. The van der Waals surface area contributed by atoms with Crippen LogP contribution in [-0.4, -0.2) is 13.2 Å². The van der Waals surface area contributed by atoms with Crippen LogP contribution in [-0.2, 0) is 28.1 Å². The first kappa shape index (κ1) is 9.37. The summed E-state index contributed by atoms with van der Waals surface area (Å²) < 4.78 is 11.3. The first-order valence-corrected chi connectivity index (χ1v) is 5.68. The molecule has 1 fully saturated rings. The lowest BCUT2D eigenvalue weighted by Crippen LogP contribution is -2.22. The van der Waals surface area contributed by atoms with Gasteiger partial charge in [0.25, 0.3) is 0 Å². The fourth-order valence-corrected chi connectivity index (χ4v) is 2.54. The minimum Gasteiger partial charge on any atom is -0.344 e. The van der Waals surface area contributed by atoms with Gasteiger partial charge < -0.3 is 9.47 Å². The van der Waals surface area contributed by atoms with Gasteiger partial charge in [0.2, 0.25) is 0 Å². The molecule has 2 nitrogen and oxygen atoms in total. The SMILES string of the molecule is CC1(c2ccc3c(c2)CCC3)OCCO1. The second-order valence-electron chi connectivity index (χ2n) is 4.48. The fraction of sp³-hybridized carbons (Fsp3) is 0.538. The molecule has 0 amide bonds. The van der Waals surface area contributed by atoms with E-state index in [0.717, 1.165) is 0 Å². The van der Waals surface area contributed by atoms with Crippen molar-refractivity contribution in [1.29, 1.82) is 0 Å². The van der Waals surface area contributed by atoms with E-state index in [2.05, 4.69) is 18.2 Å². The van der Waals surface area contributed by atoms with E-state index < -0.39 is 5.79 Å². The fourth-order valence-electron chi connectivity index (χ4n) is 2.54. The lowest BCUT2D eigenvalue weighted by Gasteiger charge is -2.23. The Labute approximate surface area is 90.2 Å². The summed E-state index contributed by atoms with van der Waals surface area (Å²) in [6.45, 7) is 3.41. The molecular weight excluding hydrogens is 188 g/mol.